The van der Waals surface area contributed by atoms with E-state index < -0.39 is 0 Å². The first kappa shape index (κ1) is 13.8. The lowest BCUT2D eigenvalue weighted by molar-refractivity contribution is 0.249. The van der Waals surface area contributed by atoms with Gasteiger partial charge in [-0.2, -0.15) is 5.10 Å². The zero-order valence-corrected chi connectivity index (χ0v) is 12.2. The summed E-state index contributed by atoms with van der Waals surface area (Å²) in [5, 5.41) is 6.24. The highest BCUT2D eigenvalue weighted by atomic mass is 16.1. The Balaban J connectivity index is 1.62. The molecule has 0 radical (unpaired) electrons. The monoisotopic (exact) mass is 284 g/mol. The van der Waals surface area contributed by atoms with E-state index in [2.05, 4.69) is 51.2 Å². The van der Waals surface area contributed by atoms with Crippen LogP contribution < -0.4 is 10.5 Å². The minimum atomic E-state index is -0.107. The minimum absolute atomic E-state index is 0.107. The van der Waals surface area contributed by atoms with Crippen molar-refractivity contribution in [3.05, 3.63) is 58.0 Å². The van der Waals surface area contributed by atoms with Crippen LogP contribution in [0.25, 0.3) is 0 Å². The summed E-state index contributed by atoms with van der Waals surface area (Å²) >= 11 is 0. The molecule has 21 heavy (non-hydrogen) atoms. The largest absolute Gasteiger partial charge is 0.364 e. The van der Waals surface area contributed by atoms with Crippen molar-refractivity contribution >= 4 is 5.69 Å². The number of aryl methyl sites for hydroxylation is 1. The van der Waals surface area contributed by atoms with Crippen molar-refractivity contribution in [2.75, 3.05) is 31.1 Å². The van der Waals surface area contributed by atoms with Crippen molar-refractivity contribution in [2.45, 2.75) is 13.5 Å². The van der Waals surface area contributed by atoms with Crippen LogP contribution in [0.2, 0.25) is 0 Å². The van der Waals surface area contributed by atoms with E-state index in [4.69, 9.17) is 0 Å². The minimum Gasteiger partial charge on any atom is -0.364 e. The van der Waals surface area contributed by atoms with Crippen LogP contribution in [0, 0.1) is 6.92 Å². The van der Waals surface area contributed by atoms with E-state index in [9.17, 15) is 4.79 Å². The maximum atomic E-state index is 11.8. The van der Waals surface area contributed by atoms with Crippen LogP contribution in [0.1, 0.15) is 11.1 Å². The molecule has 0 unspecified atom stereocenters. The fraction of sp³-hybridized carbons (Fsp3) is 0.375. The summed E-state index contributed by atoms with van der Waals surface area (Å²) in [7, 11) is 0. The Morgan fingerprint density at radius 3 is 2.62 bits per heavy atom. The predicted octanol–water partition coefficient (Wildman–Crippen LogP) is 1.40. The summed E-state index contributed by atoms with van der Waals surface area (Å²) < 4.78 is 0. The van der Waals surface area contributed by atoms with Crippen molar-refractivity contribution in [1.82, 2.24) is 15.1 Å². The second-order valence-corrected chi connectivity index (χ2v) is 5.46. The third kappa shape index (κ3) is 3.13. The van der Waals surface area contributed by atoms with Crippen molar-refractivity contribution in [3.8, 4) is 0 Å². The first-order valence-corrected chi connectivity index (χ1v) is 7.29. The first-order valence-electron chi connectivity index (χ1n) is 7.29. The number of nitrogens with one attached hydrogen (secondary N) is 1. The summed E-state index contributed by atoms with van der Waals surface area (Å²) in [4.78, 5) is 16.3. The summed E-state index contributed by atoms with van der Waals surface area (Å²) in [5.74, 6) is 0. The van der Waals surface area contributed by atoms with Crippen LogP contribution in [-0.4, -0.2) is 41.3 Å². The van der Waals surface area contributed by atoms with E-state index in [-0.39, 0.29) is 5.56 Å². The van der Waals surface area contributed by atoms with Gasteiger partial charge in [0.05, 0.1) is 0 Å². The highest BCUT2D eigenvalue weighted by Gasteiger charge is 2.19. The fourth-order valence-corrected chi connectivity index (χ4v) is 2.76. The molecule has 0 atom stereocenters. The molecule has 1 saturated heterocycles. The van der Waals surface area contributed by atoms with Gasteiger partial charge in [0.25, 0.3) is 5.56 Å². The molecule has 110 valence electrons. The topological polar surface area (TPSA) is 52.2 Å². The number of nitrogens with zero attached hydrogens (tertiary/aromatic N) is 3. The molecule has 0 saturated carbocycles. The molecule has 1 aromatic carbocycles. The van der Waals surface area contributed by atoms with Crippen LogP contribution in [0.3, 0.4) is 0 Å². The molecule has 1 N–H and O–H groups in total. The maximum absolute atomic E-state index is 11.8. The molecule has 1 aliphatic heterocycles. The fourth-order valence-electron chi connectivity index (χ4n) is 2.76. The number of hydrogen-bond donors (Lipinski definition) is 1. The van der Waals surface area contributed by atoms with Gasteiger partial charge in [-0.1, -0.05) is 24.3 Å². The Labute approximate surface area is 124 Å². The Kier molecular flexibility index (Phi) is 4.01. The SMILES string of the molecule is Cc1ccccc1CN1CCN(c2ccn[nH]c2=O)CC1. The maximum Gasteiger partial charge on any atom is 0.287 e. The highest BCUT2D eigenvalue weighted by molar-refractivity contribution is 5.43. The van der Waals surface area contributed by atoms with Crippen LogP contribution in [0.5, 0.6) is 0 Å². The summed E-state index contributed by atoms with van der Waals surface area (Å²) in [5.41, 5.74) is 3.34. The quantitative estimate of drug-likeness (QED) is 0.925. The van der Waals surface area contributed by atoms with Gasteiger partial charge in [-0.3, -0.25) is 9.69 Å². The van der Waals surface area contributed by atoms with Gasteiger partial charge >= 0.3 is 0 Å². The Bertz CT molecular complexity index is 659. The van der Waals surface area contributed by atoms with Crippen LogP contribution in [0.15, 0.2) is 41.3 Å². The number of piperazine rings is 1. The molecule has 2 aromatic rings. The second-order valence-electron chi connectivity index (χ2n) is 5.46. The Morgan fingerprint density at radius 1 is 1.14 bits per heavy atom. The van der Waals surface area contributed by atoms with Crippen LogP contribution in [-0.2, 0) is 6.54 Å². The number of benzene rings is 1. The molecule has 0 spiro atoms. The molecule has 0 bridgehead atoms. The Morgan fingerprint density at radius 2 is 1.90 bits per heavy atom. The summed E-state index contributed by atoms with van der Waals surface area (Å²) in [6, 6.07) is 10.3. The molecule has 0 amide bonds. The number of H-pyrrole nitrogens is 1. The third-order valence-corrected chi connectivity index (χ3v) is 4.07. The molecule has 0 aliphatic carbocycles. The molecule has 1 fully saturated rings. The summed E-state index contributed by atoms with van der Waals surface area (Å²) in [6.45, 7) is 6.82. The molecule has 5 heteroatoms. The molecular weight excluding hydrogens is 264 g/mol. The number of hydrogen-bond acceptors (Lipinski definition) is 4. The average molecular weight is 284 g/mol. The van der Waals surface area contributed by atoms with Crippen molar-refractivity contribution in [1.29, 1.82) is 0 Å². The van der Waals surface area contributed by atoms with Gasteiger partial charge in [-0.15, -0.1) is 0 Å². The molecule has 1 aliphatic rings. The van der Waals surface area contributed by atoms with Crippen LogP contribution in [0.4, 0.5) is 5.69 Å². The molecule has 3 rings (SSSR count). The van der Waals surface area contributed by atoms with Gasteiger partial charge in [0.1, 0.15) is 5.69 Å². The molecule has 1 aromatic heterocycles. The van der Waals surface area contributed by atoms with Gasteiger partial charge in [0.15, 0.2) is 0 Å². The van der Waals surface area contributed by atoms with Crippen LogP contribution >= 0.6 is 0 Å². The standard InChI is InChI=1S/C16H20N4O/c1-13-4-2-3-5-14(13)12-19-8-10-20(11-9-19)15-6-7-17-18-16(15)21/h2-7H,8-12H2,1H3,(H,18,21). The lowest BCUT2D eigenvalue weighted by atomic mass is 10.1. The lowest BCUT2D eigenvalue weighted by Crippen LogP contribution is -2.47. The Hall–Kier alpha value is -2.14. The number of aromatic nitrogens is 2. The van der Waals surface area contributed by atoms with Gasteiger partial charge in [-0.25, -0.2) is 5.10 Å². The number of rotatable bonds is 3. The second kappa shape index (κ2) is 6.10. The molecule has 2 heterocycles. The molecular formula is C16H20N4O. The van der Waals surface area contributed by atoms with Gasteiger partial charge in [0.2, 0.25) is 0 Å². The first-order chi connectivity index (χ1) is 10.2. The van der Waals surface area contributed by atoms with Gasteiger partial charge in [-0.05, 0) is 24.1 Å². The van der Waals surface area contributed by atoms with E-state index in [1.54, 1.807) is 12.3 Å². The van der Waals surface area contributed by atoms with Crippen molar-refractivity contribution in [3.63, 3.8) is 0 Å². The number of aromatic amines is 1. The van der Waals surface area contributed by atoms with E-state index in [0.717, 1.165) is 38.4 Å². The smallest absolute Gasteiger partial charge is 0.287 e. The van der Waals surface area contributed by atoms with Crippen molar-refractivity contribution in [2.24, 2.45) is 0 Å². The van der Waals surface area contributed by atoms with E-state index in [0.29, 0.717) is 0 Å². The normalized spacial score (nSPS) is 16.1. The average Bonchev–Trinajstić information content (AvgIpc) is 2.51. The highest BCUT2D eigenvalue weighted by Crippen LogP contribution is 2.14. The lowest BCUT2D eigenvalue weighted by Gasteiger charge is -2.35. The van der Waals surface area contributed by atoms with E-state index >= 15 is 0 Å². The van der Waals surface area contributed by atoms with E-state index in [1.165, 1.54) is 11.1 Å². The van der Waals surface area contributed by atoms with E-state index in [1.807, 2.05) is 0 Å². The number of anilines is 1. The third-order valence-electron chi connectivity index (χ3n) is 4.07. The van der Waals surface area contributed by atoms with Gasteiger partial charge < -0.3 is 4.90 Å². The molecule has 5 nitrogen and oxygen atoms in total. The zero-order chi connectivity index (χ0) is 14.7. The van der Waals surface area contributed by atoms with Gasteiger partial charge in [0, 0.05) is 38.9 Å². The summed E-state index contributed by atoms with van der Waals surface area (Å²) in [6.07, 6.45) is 1.64. The van der Waals surface area contributed by atoms with Crippen molar-refractivity contribution < 1.29 is 0 Å². The zero-order valence-electron chi connectivity index (χ0n) is 12.2. The predicted molar refractivity (Wildman–Crippen MR) is 83.5 cm³/mol.